The van der Waals surface area contributed by atoms with E-state index in [9.17, 15) is 0 Å². The van der Waals surface area contributed by atoms with Gasteiger partial charge in [0.15, 0.2) is 0 Å². The molecule has 0 atom stereocenters. The highest BCUT2D eigenvalue weighted by atomic mass is 35.5. The third kappa shape index (κ3) is 4.74. The second-order valence-corrected chi connectivity index (χ2v) is 7.34. The minimum absolute atomic E-state index is 0.156. The molecule has 0 heterocycles. The number of aryl methyl sites for hydroxylation is 1. The molecule has 0 bridgehead atoms. The first-order valence-electron chi connectivity index (χ1n) is 9.94. The Morgan fingerprint density at radius 1 is 0.786 bits per heavy atom. The summed E-state index contributed by atoms with van der Waals surface area (Å²) in [5, 5.41) is 0.156. The zero-order valence-electron chi connectivity index (χ0n) is 16.5. The van der Waals surface area contributed by atoms with Crippen LogP contribution >= 0.6 is 11.6 Å². The second kappa shape index (κ2) is 9.75. The zero-order chi connectivity index (χ0) is 19.9. The van der Waals surface area contributed by atoms with Crippen molar-refractivity contribution in [3.05, 3.63) is 77.1 Å². The maximum Gasteiger partial charge on any atom is 0.150 e. The van der Waals surface area contributed by atoms with Crippen LogP contribution < -0.4 is 4.74 Å². The molecule has 3 aromatic carbocycles. The van der Waals surface area contributed by atoms with Gasteiger partial charge in [0.1, 0.15) is 11.6 Å². The first kappa shape index (κ1) is 20.4. The van der Waals surface area contributed by atoms with E-state index < -0.39 is 5.82 Å². The summed E-state index contributed by atoms with van der Waals surface area (Å²) >= 11 is 6.40. The van der Waals surface area contributed by atoms with Gasteiger partial charge in [0.2, 0.25) is 0 Å². The highest BCUT2D eigenvalue weighted by Crippen LogP contribution is 2.36. The smallest absolute Gasteiger partial charge is 0.150 e. The molecule has 0 aliphatic carbocycles. The molecule has 0 radical (unpaired) electrons. The predicted molar refractivity (Wildman–Crippen MR) is 117 cm³/mol. The summed E-state index contributed by atoms with van der Waals surface area (Å²) in [6, 6.07) is 19.4. The van der Waals surface area contributed by atoms with E-state index in [4.69, 9.17) is 16.3 Å². The largest absolute Gasteiger partial charge is 0.494 e. The third-order valence-corrected chi connectivity index (χ3v) is 5.19. The summed E-state index contributed by atoms with van der Waals surface area (Å²) in [7, 11) is 0. The lowest BCUT2D eigenvalue weighted by atomic mass is 9.98. The molecule has 28 heavy (non-hydrogen) atoms. The molecule has 3 rings (SSSR count). The van der Waals surface area contributed by atoms with Gasteiger partial charge in [-0.25, -0.2) is 4.39 Å². The Kier molecular flexibility index (Phi) is 7.11. The summed E-state index contributed by atoms with van der Waals surface area (Å²) in [4.78, 5) is 0. The predicted octanol–water partition coefficient (Wildman–Crippen LogP) is 7.94. The number of ether oxygens (including phenoxy) is 1. The molecule has 3 aromatic rings. The van der Waals surface area contributed by atoms with Crippen molar-refractivity contribution in [1.29, 1.82) is 0 Å². The number of benzene rings is 3. The molecule has 146 valence electrons. The van der Waals surface area contributed by atoms with E-state index in [1.807, 2.05) is 42.5 Å². The summed E-state index contributed by atoms with van der Waals surface area (Å²) in [6.45, 7) is 4.98. The standard InChI is InChI=1S/C25H26ClFO/c1-3-5-17-28-21-13-11-20(12-14-21)23-16-15-22(24(26)25(23)27)19-9-7-18(6-4-2)8-10-19/h7-16H,3-6,17H2,1-2H3. The van der Waals surface area contributed by atoms with Gasteiger partial charge in [-0.05, 0) is 41.7 Å². The molecule has 0 aromatic heterocycles. The molecule has 3 heteroatoms. The molecule has 0 spiro atoms. The lowest BCUT2D eigenvalue weighted by Gasteiger charge is -2.12. The first-order valence-corrected chi connectivity index (χ1v) is 10.3. The van der Waals surface area contributed by atoms with E-state index in [0.717, 1.165) is 42.6 Å². The van der Waals surface area contributed by atoms with Crippen molar-refractivity contribution in [2.45, 2.75) is 39.5 Å². The highest BCUT2D eigenvalue weighted by Gasteiger charge is 2.14. The molecule has 0 unspecified atom stereocenters. The van der Waals surface area contributed by atoms with Gasteiger partial charge >= 0.3 is 0 Å². The number of unbranched alkanes of at least 4 members (excludes halogenated alkanes) is 1. The molecular weight excluding hydrogens is 371 g/mol. The summed E-state index contributed by atoms with van der Waals surface area (Å²) in [5.41, 5.74) is 4.20. The van der Waals surface area contributed by atoms with Crippen LogP contribution in [0, 0.1) is 5.82 Å². The van der Waals surface area contributed by atoms with Crippen LogP contribution in [-0.2, 0) is 6.42 Å². The van der Waals surface area contributed by atoms with Crippen molar-refractivity contribution in [2.75, 3.05) is 6.61 Å². The van der Waals surface area contributed by atoms with E-state index in [1.54, 1.807) is 6.07 Å². The minimum Gasteiger partial charge on any atom is -0.494 e. The number of rotatable bonds is 8. The van der Waals surface area contributed by atoms with Crippen molar-refractivity contribution < 1.29 is 9.13 Å². The molecule has 0 N–H and O–H groups in total. The fourth-order valence-corrected chi connectivity index (χ4v) is 3.47. The molecule has 0 saturated heterocycles. The monoisotopic (exact) mass is 396 g/mol. The summed E-state index contributed by atoms with van der Waals surface area (Å²) < 4.78 is 20.7. The van der Waals surface area contributed by atoms with Crippen molar-refractivity contribution in [1.82, 2.24) is 0 Å². The van der Waals surface area contributed by atoms with Gasteiger partial charge in [-0.15, -0.1) is 0 Å². The van der Waals surface area contributed by atoms with E-state index in [2.05, 4.69) is 26.0 Å². The Hall–Kier alpha value is -2.32. The molecule has 1 nitrogen and oxygen atoms in total. The van der Waals surface area contributed by atoms with Crippen molar-refractivity contribution in [2.24, 2.45) is 0 Å². The Balaban J connectivity index is 1.83. The third-order valence-electron chi connectivity index (χ3n) is 4.82. The highest BCUT2D eigenvalue weighted by molar-refractivity contribution is 6.33. The Labute approximate surface area is 172 Å². The van der Waals surface area contributed by atoms with Crippen LogP contribution in [0.5, 0.6) is 5.75 Å². The van der Waals surface area contributed by atoms with Gasteiger partial charge in [-0.3, -0.25) is 0 Å². The SMILES string of the molecule is CCCCOc1ccc(-c2ccc(-c3ccc(CCC)cc3)c(Cl)c2F)cc1. The topological polar surface area (TPSA) is 9.23 Å². The van der Waals surface area contributed by atoms with Crippen LogP contribution in [0.15, 0.2) is 60.7 Å². The molecule has 0 aliphatic heterocycles. The lowest BCUT2D eigenvalue weighted by Crippen LogP contribution is -1.96. The number of hydrogen-bond donors (Lipinski definition) is 0. The lowest BCUT2D eigenvalue weighted by molar-refractivity contribution is 0.309. The van der Waals surface area contributed by atoms with Crippen molar-refractivity contribution in [3.8, 4) is 28.0 Å². The summed E-state index contributed by atoms with van der Waals surface area (Å²) in [6.07, 6.45) is 4.26. The van der Waals surface area contributed by atoms with Crippen LogP contribution in [0.2, 0.25) is 5.02 Å². The fraction of sp³-hybridized carbons (Fsp3) is 0.280. The van der Waals surface area contributed by atoms with Crippen LogP contribution in [-0.4, -0.2) is 6.61 Å². The second-order valence-electron chi connectivity index (χ2n) is 6.96. The van der Waals surface area contributed by atoms with Crippen LogP contribution in [0.3, 0.4) is 0 Å². The van der Waals surface area contributed by atoms with Gasteiger partial charge in [0.05, 0.1) is 11.6 Å². The Morgan fingerprint density at radius 3 is 2.04 bits per heavy atom. The van der Waals surface area contributed by atoms with Crippen LogP contribution in [0.4, 0.5) is 4.39 Å². The van der Waals surface area contributed by atoms with E-state index in [0.29, 0.717) is 17.7 Å². The van der Waals surface area contributed by atoms with Gasteiger partial charge < -0.3 is 4.74 Å². The van der Waals surface area contributed by atoms with Gasteiger partial charge in [0, 0.05) is 11.1 Å². The maximum atomic E-state index is 15.0. The Morgan fingerprint density at radius 2 is 1.39 bits per heavy atom. The molecule has 0 saturated carbocycles. The first-order chi connectivity index (χ1) is 13.6. The average molecular weight is 397 g/mol. The van der Waals surface area contributed by atoms with E-state index >= 15 is 4.39 Å². The fourth-order valence-electron chi connectivity index (χ4n) is 3.20. The molecular formula is C25H26ClFO. The maximum absolute atomic E-state index is 15.0. The number of halogens is 2. The normalized spacial score (nSPS) is 10.9. The molecule has 0 aliphatic rings. The van der Waals surface area contributed by atoms with Crippen LogP contribution in [0.1, 0.15) is 38.7 Å². The van der Waals surface area contributed by atoms with Gasteiger partial charge in [-0.2, -0.15) is 0 Å². The number of hydrogen-bond acceptors (Lipinski definition) is 1. The van der Waals surface area contributed by atoms with Gasteiger partial charge in [-0.1, -0.05) is 86.8 Å². The summed E-state index contributed by atoms with van der Waals surface area (Å²) in [5.74, 6) is 0.406. The quantitative estimate of drug-likeness (QED) is 0.351. The van der Waals surface area contributed by atoms with Crippen molar-refractivity contribution in [3.63, 3.8) is 0 Å². The van der Waals surface area contributed by atoms with E-state index in [1.165, 1.54) is 5.56 Å². The van der Waals surface area contributed by atoms with Gasteiger partial charge in [0.25, 0.3) is 0 Å². The molecule has 0 fully saturated rings. The van der Waals surface area contributed by atoms with Crippen molar-refractivity contribution >= 4 is 11.6 Å². The average Bonchev–Trinajstić information content (AvgIpc) is 2.72. The van der Waals surface area contributed by atoms with Crippen LogP contribution in [0.25, 0.3) is 22.3 Å². The van der Waals surface area contributed by atoms with E-state index in [-0.39, 0.29) is 5.02 Å². The molecule has 0 amide bonds. The zero-order valence-corrected chi connectivity index (χ0v) is 17.2. The Bertz CT molecular complexity index is 901. The minimum atomic E-state index is -0.392.